The second-order valence-electron chi connectivity index (χ2n) is 6.01. The highest BCUT2D eigenvalue weighted by Gasteiger charge is 2.09. The van der Waals surface area contributed by atoms with E-state index in [0.717, 1.165) is 10.0 Å². The molecular formula is C19H20BrNO3S. The second kappa shape index (κ2) is 7.64. The van der Waals surface area contributed by atoms with E-state index >= 15 is 0 Å². The maximum absolute atomic E-state index is 10.8. The average molecular weight is 422 g/mol. The van der Waals surface area contributed by atoms with Gasteiger partial charge in [-0.15, -0.1) is 0 Å². The van der Waals surface area contributed by atoms with Gasteiger partial charge >= 0.3 is 0 Å². The Morgan fingerprint density at radius 2 is 1.56 bits per heavy atom. The number of fused-ring (bicyclic) bond motifs is 1. The van der Waals surface area contributed by atoms with Crippen LogP contribution in [0.4, 0.5) is 0 Å². The summed E-state index contributed by atoms with van der Waals surface area (Å²) in [6.07, 6.45) is 2.06. The predicted octanol–water partition coefficient (Wildman–Crippen LogP) is 3.94. The first-order chi connectivity index (χ1) is 11.6. The highest BCUT2D eigenvalue weighted by molar-refractivity contribution is 9.10. The number of benzene rings is 2. The van der Waals surface area contributed by atoms with Gasteiger partial charge in [-0.3, -0.25) is 0 Å². The van der Waals surface area contributed by atoms with Crippen molar-refractivity contribution in [3.63, 3.8) is 0 Å². The van der Waals surface area contributed by atoms with Crippen molar-refractivity contribution < 1.29 is 17.5 Å². The summed E-state index contributed by atoms with van der Waals surface area (Å²) in [5, 5.41) is 1.26. The SMILES string of the molecule is C[n+]1cc(Br)cc2ccccc21.Cc1cc(C)c(S(=O)(=O)[O-])c(C)c1. The minimum Gasteiger partial charge on any atom is -0.744 e. The molecule has 25 heavy (non-hydrogen) atoms. The van der Waals surface area contributed by atoms with Crippen molar-refractivity contribution in [2.75, 3.05) is 0 Å². The number of hydrogen-bond acceptors (Lipinski definition) is 3. The van der Waals surface area contributed by atoms with Gasteiger partial charge < -0.3 is 4.55 Å². The van der Waals surface area contributed by atoms with Crippen LogP contribution in [0.2, 0.25) is 0 Å². The summed E-state index contributed by atoms with van der Waals surface area (Å²) in [5.41, 5.74) is 3.25. The molecule has 0 aliphatic heterocycles. The van der Waals surface area contributed by atoms with Gasteiger partial charge in [0.05, 0.1) is 9.37 Å². The molecule has 3 aromatic rings. The fraction of sp³-hybridized carbons (Fsp3) is 0.211. The molecule has 2 aromatic carbocycles. The van der Waals surface area contributed by atoms with E-state index in [9.17, 15) is 13.0 Å². The summed E-state index contributed by atoms with van der Waals surface area (Å²) in [6.45, 7) is 5.12. The summed E-state index contributed by atoms with van der Waals surface area (Å²) in [6, 6.07) is 13.8. The number of para-hydroxylation sites is 1. The smallest absolute Gasteiger partial charge is 0.212 e. The monoisotopic (exact) mass is 421 g/mol. The molecule has 0 unspecified atom stereocenters. The van der Waals surface area contributed by atoms with Crippen LogP contribution in [0.3, 0.4) is 0 Å². The van der Waals surface area contributed by atoms with Gasteiger partial charge in [0.2, 0.25) is 5.52 Å². The van der Waals surface area contributed by atoms with E-state index < -0.39 is 10.1 Å². The second-order valence-corrected chi connectivity index (χ2v) is 8.24. The van der Waals surface area contributed by atoms with Gasteiger partial charge in [0.15, 0.2) is 6.20 Å². The van der Waals surface area contributed by atoms with E-state index in [0.29, 0.717) is 11.1 Å². The number of aryl methyl sites for hydroxylation is 4. The molecule has 6 heteroatoms. The molecule has 0 aliphatic carbocycles. The van der Waals surface area contributed by atoms with E-state index in [1.165, 1.54) is 10.9 Å². The third-order valence-electron chi connectivity index (χ3n) is 3.78. The summed E-state index contributed by atoms with van der Waals surface area (Å²) in [4.78, 5) is -0.0851. The molecule has 3 rings (SSSR count). The van der Waals surface area contributed by atoms with E-state index in [4.69, 9.17) is 0 Å². The number of rotatable bonds is 1. The van der Waals surface area contributed by atoms with Crippen LogP contribution in [0, 0.1) is 20.8 Å². The normalized spacial score (nSPS) is 11.1. The van der Waals surface area contributed by atoms with E-state index in [-0.39, 0.29) is 4.90 Å². The van der Waals surface area contributed by atoms with E-state index in [2.05, 4.69) is 57.0 Å². The van der Waals surface area contributed by atoms with Gasteiger partial charge in [-0.2, -0.15) is 4.57 Å². The topological polar surface area (TPSA) is 61.1 Å². The number of aromatic nitrogens is 1. The average Bonchev–Trinajstić information content (AvgIpc) is 2.45. The lowest BCUT2D eigenvalue weighted by atomic mass is 10.1. The van der Waals surface area contributed by atoms with Gasteiger partial charge in [0.25, 0.3) is 0 Å². The van der Waals surface area contributed by atoms with Crippen LogP contribution in [0.15, 0.2) is 58.0 Å². The molecule has 4 nitrogen and oxygen atoms in total. The first kappa shape index (κ1) is 19.6. The summed E-state index contributed by atoms with van der Waals surface area (Å²) >= 11 is 3.46. The van der Waals surface area contributed by atoms with Crippen molar-refractivity contribution in [2.45, 2.75) is 25.7 Å². The molecule has 0 N–H and O–H groups in total. The molecule has 0 saturated carbocycles. The maximum Gasteiger partial charge on any atom is 0.212 e. The summed E-state index contributed by atoms with van der Waals surface area (Å²) < 4.78 is 35.7. The van der Waals surface area contributed by atoms with Gasteiger partial charge in [-0.1, -0.05) is 29.8 Å². The van der Waals surface area contributed by atoms with Crippen molar-refractivity contribution in [2.24, 2.45) is 7.05 Å². The molecule has 0 saturated heterocycles. The Morgan fingerprint density at radius 3 is 2.12 bits per heavy atom. The van der Waals surface area contributed by atoms with Crippen LogP contribution in [0.1, 0.15) is 16.7 Å². The van der Waals surface area contributed by atoms with E-state index in [1.54, 1.807) is 26.0 Å². The molecular weight excluding hydrogens is 402 g/mol. The fourth-order valence-electron chi connectivity index (χ4n) is 2.93. The molecule has 132 valence electrons. The van der Waals surface area contributed by atoms with Crippen molar-refractivity contribution in [3.8, 4) is 0 Å². The van der Waals surface area contributed by atoms with Crippen LogP contribution < -0.4 is 4.57 Å². The Bertz CT molecular complexity index is 1010. The Labute approximate surface area is 157 Å². The molecule has 0 radical (unpaired) electrons. The lowest BCUT2D eigenvalue weighted by Gasteiger charge is -2.14. The highest BCUT2D eigenvalue weighted by Crippen LogP contribution is 2.20. The van der Waals surface area contributed by atoms with Gasteiger partial charge in [0.1, 0.15) is 17.2 Å². The molecule has 0 bridgehead atoms. The quantitative estimate of drug-likeness (QED) is 0.441. The largest absolute Gasteiger partial charge is 0.744 e. The molecule has 1 heterocycles. The minimum atomic E-state index is -4.33. The number of halogens is 1. The molecule has 0 atom stereocenters. The zero-order chi connectivity index (χ0) is 18.8. The highest BCUT2D eigenvalue weighted by atomic mass is 79.9. The lowest BCUT2D eigenvalue weighted by molar-refractivity contribution is -0.645. The number of hydrogen-bond donors (Lipinski definition) is 0. The summed E-state index contributed by atoms with van der Waals surface area (Å²) in [7, 11) is -2.28. The van der Waals surface area contributed by atoms with Gasteiger partial charge in [-0.05, 0) is 60.0 Å². The van der Waals surface area contributed by atoms with Crippen LogP contribution in [-0.4, -0.2) is 13.0 Å². The van der Waals surface area contributed by atoms with Crippen molar-refractivity contribution in [3.05, 3.63) is 69.8 Å². The minimum absolute atomic E-state index is 0.0851. The molecule has 0 amide bonds. The number of nitrogens with zero attached hydrogens (tertiary/aromatic N) is 1. The van der Waals surface area contributed by atoms with Gasteiger partial charge in [-0.25, -0.2) is 8.42 Å². The summed E-state index contributed by atoms with van der Waals surface area (Å²) in [5.74, 6) is 0. The van der Waals surface area contributed by atoms with Gasteiger partial charge in [0, 0.05) is 11.5 Å². The van der Waals surface area contributed by atoms with Crippen LogP contribution in [0.5, 0.6) is 0 Å². The third-order valence-corrected chi connectivity index (χ3v) is 5.36. The molecule has 1 aromatic heterocycles. The lowest BCUT2D eigenvalue weighted by Crippen LogP contribution is -2.28. The van der Waals surface area contributed by atoms with E-state index in [1.807, 2.05) is 14.0 Å². The number of pyridine rings is 1. The van der Waals surface area contributed by atoms with Crippen molar-refractivity contribution >= 4 is 37.0 Å². The molecule has 0 spiro atoms. The maximum atomic E-state index is 10.8. The Hall–Kier alpha value is -1.76. The Morgan fingerprint density at radius 1 is 1.00 bits per heavy atom. The third kappa shape index (κ3) is 4.87. The molecule has 0 aliphatic rings. The first-order valence-corrected chi connectivity index (χ1v) is 9.87. The fourth-order valence-corrected chi connectivity index (χ4v) is 4.39. The van der Waals surface area contributed by atoms with Crippen LogP contribution in [-0.2, 0) is 17.2 Å². The van der Waals surface area contributed by atoms with Crippen molar-refractivity contribution in [1.82, 2.24) is 0 Å². The zero-order valence-corrected chi connectivity index (χ0v) is 17.0. The Balaban J connectivity index is 0.000000181. The Kier molecular flexibility index (Phi) is 5.98. The molecule has 0 fully saturated rings. The first-order valence-electron chi connectivity index (χ1n) is 7.67. The standard InChI is InChI=1S/C10H9BrN.C9H12O3S/c1-12-7-9(11)6-8-4-2-3-5-10(8)12;1-6-4-7(2)9(8(3)5-6)13(10,11)12/h2-7H,1H3;4-5H,1-3H3,(H,10,11,12)/q+1;/p-1. The van der Waals surface area contributed by atoms with Crippen molar-refractivity contribution in [1.29, 1.82) is 0 Å². The van der Waals surface area contributed by atoms with Crippen LogP contribution in [0.25, 0.3) is 10.9 Å². The van der Waals surface area contributed by atoms with Crippen LogP contribution >= 0.6 is 15.9 Å². The predicted molar refractivity (Wildman–Crippen MR) is 101 cm³/mol. The zero-order valence-electron chi connectivity index (χ0n) is 14.6.